The van der Waals surface area contributed by atoms with Crippen LogP contribution in [0.3, 0.4) is 0 Å². The fourth-order valence-electron chi connectivity index (χ4n) is 4.02. The van der Waals surface area contributed by atoms with Crippen molar-refractivity contribution in [3.8, 4) is 11.5 Å². The van der Waals surface area contributed by atoms with Crippen LogP contribution in [0, 0.1) is 16.0 Å². The quantitative estimate of drug-likeness (QED) is 0.352. The lowest BCUT2D eigenvalue weighted by Crippen LogP contribution is -2.44. The Hall–Kier alpha value is -2.35. The molecule has 0 atom stereocenters. The van der Waals surface area contributed by atoms with Crippen LogP contribution in [0.1, 0.15) is 55.8 Å². The fourth-order valence-corrected chi connectivity index (χ4v) is 4.02. The number of ether oxygens (including phenoxy) is 3. The highest BCUT2D eigenvalue weighted by Crippen LogP contribution is 2.40. The van der Waals surface area contributed by atoms with Crippen LogP contribution in [0.2, 0.25) is 0 Å². The van der Waals surface area contributed by atoms with Gasteiger partial charge in [0.15, 0.2) is 11.5 Å². The van der Waals surface area contributed by atoms with E-state index in [4.69, 9.17) is 14.2 Å². The van der Waals surface area contributed by atoms with Gasteiger partial charge in [-0.05, 0) is 44.4 Å². The van der Waals surface area contributed by atoms with Gasteiger partial charge in [0.25, 0.3) is 11.6 Å². The molecule has 0 aliphatic heterocycles. The smallest absolute Gasteiger partial charge is 0.286 e. The summed E-state index contributed by atoms with van der Waals surface area (Å²) in [4.78, 5) is 26.6. The molecule has 0 unspecified atom stereocenters. The number of rotatable bonds is 9. The second kappa shape index (κ2) is 9.43. The van der Waals surface area contributed by atoms with E-state index in [-0.39, 0.29) is 41.6 Å². The summed E-state index contributed by atoms with van der Waals surface area (Å²) < 4.78 is 15.9. The van der Waals surface area contributed by atoms with Crippen molar-refractivity contribution in [1.29, 1.82) is 0 Å². The van der Waals surface area contributed by atoms with Gasteiger partial charge in [0, 0.05) is 25.3 Å². The minimum atomic E-state index is -0.524. The number of amides is 1. The zero-order valence-electron chi connectivity index (χ0n) is 17.4. The second-order valence-electron chi connectivity index (χ2n) is 7.98. The molecule has 2 saturated carbocycles. The summed E-state index contributed by atoms with van der Waals surface area (Å²) in [5, 5.41) is 11.7. The Morgan fingerprint density at radius 3 is 2.21 bits per heavy atom. The van der Waals surface area contributed by atoms with Crippen molar-refractivity contribution in [3.63, 3.8) is 0 Å². The molecule has 1 aromatic carbocycles. The molecule has 0 bridgehead atoms. The molecule has 160 valence electrons. The van der Waals surface area contributed by atoms with E-state index in [0.717, 1.165) is 38.5 Å². The molecule has 0 saturated heterocycles. The summed E-state index contributed by atoms with van der Waals surface area (Å²) in [6.07, 6.45) is 5.98. The minimum absolute atomic E-state index is 0.0662. The monoisotopic (exact) mass is 406 g/mol. The first-order chi connectivity index (χ1) is 14.0. The first kappa shape index (κ1) is 21.4. The third-order valence-corrected chi connectivity index (χ3v) is 5.81. The van der Waals surface area contributed by atoms with Gasteiger partial charge in [0.1, 0.15) is 12.2 Å². The molecule has 1 amide bonds. The number of nitro groups is 1. The number of benzene rings is 1. The van der Waals surface area contributed by atoms with Gasteiger partial charge >= 0.3 is 0 Å². The molecule has 29 heavy (non-hydrogen) atoms. The van der Waals surface area contributed by atoms with Crippen molar-refractivity contribution in [1.82, 2.24) is 4.90 Å². The lowest BCUT2D eigenvalue weighted by molar-refractivity contribution is -0.385. The molecule has 0 spiro atoms. The highest BCUT2D eigenvalue weighted by Gasteiger charge is 2.41. The number of methoxy groups -OCH3 is 2. The highest BCUT2D eigenvalue weighted by molar-refractivity contribution is 5.99. The second-order valence-corrected chi connectivity index (χ2v) is 7.98. The first-order valence-electron chi connectivity index (χ1n) is 10.3. The predicted molar refractivity (Wildman–Crippen MR) is 108 cm³/mol. The molecule has 0 radical (unpaired) electrons. The molecule has 3 rings (SSSR count). The SMILES string of the molecule is COCCOc1cc([N+](=O)[O-])c(C(=O)N(C2CCC(C)CC2)C2CC2)cc1OC. The molecule has 1 aromatic rings. The minimum Gasteiger partial charge on any atom is -0.493 e. The van der Waals surface area contributed by atoms with Crippen LogP contribution in [0.15, 0.2) is 12.1 Å². The lowest BCUT2D eigenvalue weighted by atomic mass is 9.86. The number of carbonyl (C=O) groups excluding carboxylic acids is 1. The molecule has 0 heterocycles. The van der Waals surface area contributed by atoms with Gasteiger partial charge in [0.05, 0.1) is 24.7 Å². The van der Waals surface area contributed by atoms with E-state index in [2.05, 4.69) is 6.92 Å². The van der Waals surface area contributed by atoms with Crippen LogP contribution < -0.4 is 9.47 Å². The van der Waals surface area contributed by atoms with E-state index in [9.17, 15) is 14.9 Å². The van der Waals surface area contributed by atoms with Crippen LogP contribution in [0.4, 0.5) is 5.69 Å². The van der Waals surface area contributed by atoms with E-state index in [1.54, 1.807) is 7.11 Å². The van der Waals surface area contributed by atoms with Crippen molar-refractivity contribution >= 4 is 11.6 Å². The van der Waals surface area contributed by atoms with Gasteiger partial charge < -0.3 is 19.1 Å². The maximum Gasteiger partial charge on any atom is 0.286 e. The van der Waals surface area contributed by atoms with Gasteiger partial charge in [-0.3, -0.25) is 14.9 Å². The molecule has 0 aromatic heterocycles. The van der Waals surface area contributed by atoms with Crippen LogP contribution in [0.5, 0.6) is 11.5 Å². The Morgan fingerprint density at radius 2 is 1.69 bits per heavy atom. The van der Waals surface area contributed by atoms with Gasteiger partial charge in [-0.15, -0.1) is 0 Å². The fraction of sp³-hybridized carbons (Fsp3) is 0.667. The van der Waals surface area contributed by atoms with Crippen LogP contribution in [0.25, 0.3) is 0 Å². The summed E-state index contributed by atoms with van der Waals surface area (Å²) in [6, 6.07) is 3.07. The average Bonchev–Trinajstić information content (AvgIpc) is 3.54. The van der Waals surface area contributed by atoms with E-state index < -0.39 is 4.92 Å². The molecular formula is C21H30N2O6. The lowest BCUT2D eigenvalue weighted by Gasteiger charge is -2.36. The molecule has 2 aliphatic rings. The topological polar surface area (TPSA) is 91.1 Å². The molecule has 8 heteroatoms. The zero-order chi connectivity index (χ0) is 21.0. The van der Waals surface area contributed by atoms with Crippen molar-refractivity contribution in [3.05, 3.63) is 27.8 Å². The van der Waals surface area contributed by atoms with Gasteiger partial charge in [-0.2, -0.15) is 0 Å². The molecule has 2 aliphatic carbocycles. The standard InChI is InChI=1S/C21H30N2O6/c1-14-4-6-15(7-5-14)22(16-8-9-16)21(24)17-12-19(28-3)20(29-11-10-27-2)13-18(17)23(25)26/h12-16H,4-11H2,1-3H3. The van der Waals surface area contributed by atoms with E-state index >= 15 is 0 Å². The summed E-state index contributed by atoms with van der Waals surface area (Å²) in [5.41, 5.74) is -0.186. The summed E-state index contributed by atoms with van der Waals surface area (Å²) >= 11 is 0. The first-order valence-corrected chi connectivity index (χ1v) is 10.3. The van der Waals surface area contributed by atoms with Crippen molar-refractivity contribution in [2.75, 3.05) is 27.4 Å². The summed E-state index contributed by atoms with van der Waals surface area (Å²) in [6.45, 7) is 2.80. The maximum absolute atomic E-state index is 13.5. The normalized spacial score (nSPS) is 21.5. The van der Waals surface area contributed by atoms with Gasteiger partial charge in [-0.25, -0.2) is 0 Å². The third kappa shape index (κ3) is 4.98. The van der Waals surface area contributed by atoms with E-state index in [1.165, 1.54) is 19.2 Å². The average molecular weight is 406 g/mol. The molecule has 2 fully saturated rings. The van der Waals surface area contributed by atoms with E-state index in [1.807, 2.05) is 4.90 Å². The number of hydrogen-bond donors (Lipinski definition) is 0. The van der Waals surface area contributed by atoms with E-state index in [0.29, 0.717) is 18.3 Å². The van der Waals surface area contributed by atoms with Gasteiger partial charge in [0.2, 0.25) is 0 Å². The zero-order valence-corrected chi connectivity index (χ0v) is 17.4. The predicted octanol–water partition coefficient (Wildman–Crippen LogP) is 3.81. The summed E-state index contributed by atoms with van der Waals surface area (Å²) in [5.74, 6) is 0.932. The number of nitro benzene ring substituents is 1. The van der Waals surface area contributed by atoms with Crippen LogP contribution in [-0.2, 0) is 4.74 Å². The Bertz CT molecular complexity index is 741. The highest BCUT2D eigenvalue weighted by atomic mass is 16.6. The van der Waals surface area contributed by atoms with Gasteiger partial charge in [-0.1, -0.05) is 6.92 Å². The maximum atomic E-state index is 13.5. The largest absolute Gasteiger partial charge is 0.493 e. The number of hydrogen-bond acceptors (Lipinski definition) is 6. The number of nitrogens with zero attached hydrogens (tertiary/aromatic N) is 2. The third-order valence-electron chi connectivity index (χ3n) is 5.81. The van der Waals surface area contributed by atoms with Crippen LogP contribution >= 0.6 is 0 Å². The Kier molecular flexibility index (Phi) is 6.95. The Labute approximate surface area is 171 Å². The molecular weight excluding hydrogens is 376 g/mol. The Morgan fingerprint density at radius 1 is 1.07 bits per heavy atom. The summed E-state index contributed by atoms with van der Waals surface area (Å²) in [7, 11) is 3.00. The van der Waals surface area contributed by atoms with Crippen molar-refractivity contribution in [2.24, 2.45) is 5.92 Å². The van der Waals surface area contributed by atoms with Crippen molar-refractivity contribution in [2.45, 2.75) is 57.5 Å². The van der Waals surface area contributed by atoms with Crippen molar-refractivity contribution < 1.29 is 23.9 Å². The van der Waals surface area contributed by atoms with Crippen LogP contribution in [-0.4, -0.2) is 55.2 Å². The number of carbonyl (C=O) groups is 1. The molecule has 8 nitrogen and oxygen atoms in total. The Balaban J connectivity index is 1.92. The molecule has 0 N–H and O–H groups in total.